The zero-order valence-electron chi connectivity index (χ0n) is 9.22. The minimum Gasteiger partial charge on any atom is -0.397 e. The first-order valence-corrected chi connectivity index (χ1v) is 4.95. The van der Waals surface area contributed by atoms with Crippen LogP contribution in [0.15, 0.2) is 24.3 Å². The van der Waals surface area contributed by atoms with E-state index in [0.717, 1.165) is 0 Å². The van der Waals surface area contributed by atoms with E-state index in [1.807, 2.05) is 0 Å². The third kappa shape index (κ3) is 2.95. The van der Waals surface area contributed by atoms with Gasteiger partial charge in [-0.15, -0.1) is 0 Å². The van der Waals surface area contributed by atoms with Crippen LogP contribution in [0.25, 0.3) is 0 Å². The van der Waals surface area contributed by atoms with Crippen molar-refractivity contribution in [2.45, 2.75) is 0 Å². The molecule has 0 saturated carbocycles. The van der Waals surface area contributed by atoms with Crippen LogP contribution in [0, 0.1) is 0 Å². The molecule has 0 radical (unpaired) electrons. The Morgan fingerprint density at radius 1 is 1.50 bits per heavy atom. The first-order chi connectivity index (χ1) is 7.70. The number of nitrogens with two attached hydrogens (primary N) is 1. The van der Waals surface area contributed by atoms with Crippen molar-refractivity contribution in [3.8, 4) is 0 Å². The van der Waals surface area contributed by atoms with Gasteiger partial charge in [0.1, 0.15) is 6.61 Å². The van der Waals surface area contributed by atoms with Crippen molar-refractivity contribution in [1.29, 1.82) is 0 Å². The number of ether oxygens (including phenoxy) is 1. The van der Waals surface area contributed by atoms with E-state index in [1.165, 1.54) is 12.0 Å². The molecule has 0 aliphatic rings. The predicted molar refractivity (Wildman–Crippen MR) is 62.2 cm³/mol. The molecule has 1 rings (SSSR count). The molecule has 0 fully saturated rings. The number of aliphatic hydroxyl groups is 1. The highest BCUT2D eigenvalue weighted by Gasteiger charge is 2.16. The summed E-state index contributed by atoms with van der Waals surface area (Å²) in [6.45, 7) is 0.0501. The second-order valence-corrected chi connectivity index (χ2v) is 3.26. The summed E-state index contributed by atoms with van der Waals surface area (Å²) in [4.78, 5) is 13.1. The van der Waals surface area contributed by atoms with Crippen LogP contribution in [0.3, 0.4) is 0 Å². The summed E-state index contributed by atoms with van der Waals surface area (Å²) in [7, 11) is 1.45. The van der Waals surface area contributed by atoms with Crippen molar-refractivity contribution in [2.24, 2.45) is 0 Å². The number of amides is 1. The number of hydrogen-bond donors (Lipinski definition) is 2. The first kappa shape index (κ1) is 12.5. The highest BCUT2D eigenvalue weighted by molar-refractivity contribution is 5.97. The highest BCUT2D eigenvalue weighted by Crippen LogP contribution is 2.22. The van der Waals surface area contributed by atoms with Crippen molar-refractivity contribution in [3.05, 3.63) is 24.3 Å². The molecule has 0 atom stereocenters. The summed E-state index contributed by atoms with van der Waals surface area (Å²) in [6, 6.07) is 7.02. The molecule has 0 spiro atoms. The van der Waals surface area contributed by atoms with Gasteiger partial charge in [-0.3, -0.25) is 4.79 Å². The third-order valence-corrected chi connectivity index (χ3v) is 2.12. The summed E-state index contributed by atoms with van der Waals surface area (Å²) in [5.41, 5.74) is 6.87. The van der Waals surface area contributed by atoms with Gasteiger partial charge in [-0.25, -0.2) is 0 Å². The van der Waals surface area contributed by atoms with Crippen LogP contribution in [0.1, 0.15) is 0 Å². The van der Waals surface area contributed by atoms with E-state index in [-0.39, 0.29) is 25.7 Å². The second-order valence-electron chi connectivity index (χ2n) is 3.26. The fourth-order valence-corrected chi connectivity index (χ4v) is 1.41. The van der Waals surface area contributed by atoms with Gasteiger partial charge in [-0.05, 0) is 12.1 Å². The number of nitrogen functional groups attached to an aromatic ring is 1. The number of rotatable bonds is 5. The molecule has 0 aromatic heterocycles. The number of aliphatic hydroxyl groups excluding tert-OH is 1. The van der Waals surface area contributed by atoms with E-state index >= 15 is 0 Å². The average Bonchev–Trinajstić information content (AvgIpc) is 2.27. The van der Waals surface area contributed by atoms with E-state index < -0.39 is 0 Å². The summed E-state index contributed by atoms with van der Waals surface area (Å²) in [5.74, 6) is -0.227. The van der Waals surface area contributed by atoms with E-state index in [2.05, 4.69) is 0 Å². The molecule has 88 valence electrons. The lowest BCUT2D eigenvalue weighted by atomic mass is 10.2. The van der Waals surface area contributed by atoms with Crippen LogP contribution < -0.4 is 10.6 Å². The fourth-order valence-electron chi connectivity index (χ4n) is 1.41. The summed E-state index contributed by atoms with van der Waals surface area (Å²) < 4.78 is 4.78. The molecule has 16 heavy (non-hydrogen) atoms. The van der Waals surface area contributed by atoms with Crippen molar-refractivity contribution in [2.75, 3.05) is 37.5 Å². The topological polar surface area (TPSA) is 75.8 Å². The van der Waals surface area contributed by atoms with Gasteiger partial charge < -0.3 is 20.5 Å². The Balaban J connectivity index is 2.93. The van der Waals surface area contributed by atoms with E-state index in [1.54, 1.807) is 24.3 Å². The van der Waals surface area contributed by atoms with Gasteiger partial charge in [0.05, 0.1) is 18.0 Å². The Morgan fingerprint density at radius 2 is 2.19 bits per heavy atom. The maximum absolute atomic E-state index is 11.7. The highest BCUT2D eigenvalue weighted by atomic mass is 16.5. The predicted octanol–water partition coefficient (Wildman–Crippen LogP) is 0.240. The molecule has 0 aliphatic carbocycles. The average molecular weight is 224 g/mol. The minimum absolute atomic E-state index is 0.0334. The molecule has 1 amide bonds. The van der Waals surface area contributed by atoms with Gasteiger partial charge in [0.25, 0.3) is 5.91 Å². The number of hydrogen-bond acceptors (Lipinski definition) is 4. The van der Waals surface area contributed by atoms with Gasteiger partial charge >= 0.3 is 0 Å². The van der Waals surface area contributed by atoms with E-state index in [9.17, 15) is 4.79 Å². The van der Waals surface area contributed by atoms with Crippen LogP contribution >= 0.6 is 0 Å². The molecule has 0 saturated heterocycles. The monoisotopic (exact) mass is 224 g/mol. The van der Waals surface area contributed by atoms with Crippen molar-refractivity contribution >= 4 is 17.3 Å². The lowest BCUT2D eigenvalue weighted by Crippen LogP contribution is -2.36. The molecule has 5 heteroatoms. The molecular weight excluding hydrogens is 208 g/mol. The Hall–Kier alpha value is -1.59. The minimum atomic E-state index is -0.227. The van der Waals surface area contributed by atoms with Gasteiger partial charge in [0.15, 0.2) is 0 Å². The maximum atomic E-state index is 11.7. The molecule has 1 aromatic rings. The molecule has 1 aromatic carbocycles. The normalized spacial score (nSPS) is 10.1. The quantitative estimate of drug-likeness (QED) is 0.702. The Kier molecular flexibility index (Phi) is 4.75. The van der Waals surface area contributed by atoms with Gasteiger partial charge in [0, 0.05) is 13.7 Å². The zero-order valence-corrected chi connectivity index (χ0v) is 9.22. The smallest absolute Gasteiger partial charge is 0.253 e. The Bertz CT molecular complexity index is 355. The largest absolute Gasteiger partial charge is 0.397 e. The molecule has 0 unspecified atom stereocenters. The first-order valence-electron chi connectivity index (χ1n) is 4.95. The van der Waals surface area contributed by atoms with Crippen molar-refractivity contribution in [3.63, 3.8) is 0 Å². The molecule has 0 heterocycles. The molecule has 5 nitrogen and oxygen atoms in total. The Morgan fingerprint density at radius 3 is 2.75 bits per heavy atom. The Labute approximate surface area is 94.4 Å². The van der Waals surface area contributed by atoms with E-state index in [4.69, 9.17) is 15.6 Å². The van der Waals surface area contributed by atoms with E-state index in [0.29, 0.717) is 11.4 Å². The van der Waals surface area contributed by atoms with Crippen LogP contribution in [0.4, 0.5) is 11.4 Å². The molecular formula is C11H16N2O3. The lowest BCUT2D eigenvalue weighted by Gasteiger charge is -2.22. The van der Waals surface area contributed by atoms with Crippen LogP contribution in [0.2, 0.25) is 0 Å². The fraction of sp³-hybridized carbons (Fsp3) is 0.364. The summed E-state index contributed by atoms with van der Waals surface area (Å²) in [5, 5.41) is 8.93. The number of benzene rings is 1. The van der Waals surface area contributed by atoms with Crippen LogP contribution in [-0.4, -0.2) is 37.9 Å². The molecule has 0 bridgehead atoms. The standard InChI is InChI=1S/C11H16N2O3/c1-16-8-11(15)13(6-7-14)10-5-3-2-4-9(10)12/h2-5,14H,6-8,12H2,1H3. The number of carbonyl (C=O) groups is 1. The summed E-state index contributed by atoms with van der Waals surface area (Å²) >= 11 is 0. The third-order valence-electron chi connectivity index (χ3n) is 2.12. The maximum Gasteiger partial charge on any atom is 0.253 e. The van der Waals surface area contributed by atoms with Crippen LogP contribution in [-0.2, 0) is 9.53 Å². The number of methoxy groups -OCH3 is 1. The SMILES string of the molecule is COCC(=O)N(CCO)c1ccccc1N. The van der Waals surface area contributed by atoms with Gasteiger partial charge in [-0.1, -0.05) is 12.1 Å². The van der Waals surface area contributed by atoms with Crippen molar-refractivity contribution in [1.82, 2.24) is 0 Å². The molecule has 3 N–H and O–H groups in total. The number of anilines is 2. The number of nitrogens with zero attached hydrogens (tertiary/aromatic N) is 1. The zero-order chi connectivity index (χ0) is 12.0. The lowest BCUT2D eigenvalue weighted by molar-refractivity contribution is -0.122. The number of carbonyl (C=O) groups excluding carboxylic acids is 1. The van der Waals surface area contributed by atoms with Crippen molar-refractivity contribution < 1.29 is 14.6 Å². The molecule has 0 aliphatic heterocycles. The number of para-hydroxylation sites is 2. The van der Waals surface area contributed by atoms with Gasteiger partial charge in [-0.2, -0.15) is 0 Å². The van der Waals surface area contributed by atoms with Gasteiger partial charge in [0.2, 0.25) is 0 Å². The van der Waals surface area contributed by atoms with Crippen LogP contribution in [0.5, 0.6) is 0 Å². The summed E-state index contributed by atoms with van der Waals surface area (Å²) in [6.07, 6.45) is 0. The second kappa shape index (κ2) is 6.09.